The molecule has 0 amide bonds. The van der Waals surface area contributed by atoms with Crippen LogP contribution in [0.2, 0.25) is 0 Å². The Bertz CT molecular complexity index is 419. The molecule has 0 spiro atoms. The van der Waals surface area contributed by atoms with Gasteiger partial charge in [-0.15, -0.1) is 0 Å². The number of hydrogen-bond acceptors (Lipinski definition) is 5. The molecule has 0 aromatic heterocycles. The molecule has 6 heteroatoms. The summed E-state index contributed by atoms with van der Waals surface area (Å²) in [7, 11) is -3.18. The first-order valence-electron chi connectivity index (χ1n) is 5.35. The predicted octanol–water partition coefficient (Wildman–Crippen LogP) is -0.144. The lowest BCUT2D eigenvalue weighted by molar-refractivity contribution is -0.116. The van der Waals surface area contributed by atoms with Gasteiger partial charge >= 0.3 is 0 Å². The van der Waals surface area contributed by atoms with E-state index in [9.17, 15) is 18.8 Å². The molecule has 2 heterocycles. The molecule has 0 aromatic carbocycles. The van der Waals surface area contributed by atoms with Crippen molar-refractivity contribution in [1.29, 1.82) is 5.26 Å². The molecule has 1 N–H and O–H groups in total. The molecule has 1 atom stereocenters. The Hall–Kier alpha value is -0.640. The Morgan fingerprint density at radius 1 is 1.25 bits per heavy atom. The molecule has 2 fully saturated rings. The van der Waals surface area contributed by atoms with Crippen LogP contribution in [0.15, 0.2) is 0 Å². The topological polar surface area (TPSA) is 87.4 Å². The van der Waals surface area contributed by atoms with E-state index < -0.39 is 20.9 Å². The zero-order valence-corrected chi connectivity index (χ0v) is 9.79. The molecule has 0 saturated carbocycles. The van der Waals surface area contributed by atoms with Gasteiger partial charge in [0.2, 0.25) is 0 Å². The maximum absolute atomic E-state index is 11.5. The molecule has 5 nitrogen and oxygen atoms in total. The Labute approximate surface area is 94.9 Å². The number of hydrogen-bond donors (Lipinski definition) is 1. The fraction of sp³-hybridized carbons (Fsp3) is 0.900. The lowest BCUT2D eigenvalue weighted by Gasteiger charge is -2.42. The van der Waals surface area contributed by atoms with Crippen molar-refractivity contribution in [2.45, 2.75) is 24.9 Å². The van der Waals surface area contributed by atoms with E-state index in [1.54, 1.807) is 0 Å². The third kappa shape index (κ3) is 1.73. The maximum atomic E-state index is 11.5. The monoisotopic (exact) mass is 245 g/mol. The van der Waals surface area contributed by atoms with E-state index in [-0.39, 0.29) is 17.9 Å². The molecular weight excluding hydrogens is 230 g/mol. The number of rotatable bonds is 1. The highest BCUT2D eigenvalue weighted by atomic mass is 32.2. The molecule has 1 unspecified atom stereocenters. The molecule has 2 aliphatic rings. The predicted molar refractivity (Wildman–Crippen MR) is 56.3 cm³/mol. The van der Waals surface area contributed by atoms with E-state index in [1.807, 2.05) is 0 Å². The van der Waals surface area contributed by atoms with Crippen molar-refractivity contribution in [3.63, 3.8) is 0 Å². The van der Waals surface area contributed by atoms with Crippen molar-refractivity contribution < 1.29 is 18.3 Å². The highest BCUT2D eigenvalue weighted by Gasteiger charge is 2.57. The van der Waals surface area contributed by atoms with Gasteiger partial charge in [0.25, 0.3) is 0 Å². The summed E-state index contributed by atoms with van der Waals surface area (Å²) >= 11 is 0. The van der Waals surface area contributed by atoms with Gasteiger partial charge < -0.3 is 9.84 Å². The minimum Gasteiger partial charge on any atom is -0.388 e. The van der Waals surface area contributed by atoms with Crippen LogP contribution >= 0.6 is 0 Å². The lowest BCUT2D eigenvalue weighted by Crippen LogP contribution is -2.52. The number of aliphatic hydroxyl groups is 1. The van der Waals surface area contributed by atoms with Crippen molar-refractivity contribution >= 4 is 9.84 Å². The van der Waals surface area contributed by atoms with Gasteiger partial charge in [-0.05, 0) is 6.42 Å². The maximum Gasteiger partial charge on any atom is 0.152 e. The molecule has 0 aliphatic carbocycles. The van der Waals surface area contributed by atoms with Gasteiger partial charge in [0, 0.05) is 26.1 Å². The average Bonchev–Trinajstić information content (AvgIpc) is 2.57. The molecule has 0 radical (unpaired) electrons. The first kappa shape index (κ1) is 11.8. The van der Waals surface area contributed by atoms with E-state index in [0.717, 1.165) is 0 Å². The quantitative estimate of drug-likeness (QED) is 0.694. The van der Waals surface area contributed by atoms with Crippen LogP contribution in [0.1, 0.15) is 19.3 Å². The van der Waals surface area contributed by atoms with Gasteiger partial charge in [-0.3, -0.25) is 0 Å². The molecular formula is C10H15NO4S. The van der Waals surface area contributed by atoms with E-state index in [1.165, 1.54) is 0 Å². The Morgan fingerprint density at radius 3 is 2.31 bits per heavy atom. The van der Waals surface area contributed by atoms with Gasteiger partial charge in [0.15, 0.2) is 9.84 Å². The summed E-state index contributed by atoms with van der Waals surface area (Å²) in [6.45, 7) is 0.778. The molecule has 2 saturated heterocycles. The fourth-order valence-corrected chi connectivity index (χ4v) is 4.63. The van der Waals surface area contributed by atoms with E-state index in [0.29, 0.717) is 26.1 Å². The van der Waals surface area contributed by atoms with Crippen molar-refractivity contribution in [2.24, 2.45) is 5.41 Å². The van der Waals surface area contributed by atoms with Crippen LogP contribution in [-0.4, -0.2) is 43.8 Å². The molecule has 2 aliphatic heterocycles. The summed E-state index contributed by atoms with van der Waals surface area (Å²) < 4.78 is 28.1. The summed E-state index contributed by atoms with van der Waals surface area (Å²) in [5.41, 5.74) is -2.33. The summed E-state index contributed by atoms with van der Waals surface area (Å²) in [4.78, 5) is 0. The van der Waals surface area contributed by atoms with E-state index >= 15 is 0 Å². The standard InChI is InChI=1S/C10H15NO4S/c11-7-9(3-6-16(13,14)8-9)10(12)1-4-15-5-2-10/h12H,1-6,8H2. The Balaban J connectivity index is 2.33. The third-order valence-corrected chi connectivity index (χ3v) is 5.49. The van der Waals surface area contributed by atoms with Crippen molar-refractivity contribution in [1.82, 2.24) is 0 Å². The summed E-state index contributed by atoms with van der Waals surface area (Å²) in [5, 5.41) is 19.7. The van der Waals surface area contributed by atoms with Crippen LogP contribution in [-0.2, 0) is 14.6 Å². The number of nitriles is 1. The third-order valence-electron chi connectivity index (χ3n) is 3.73. The summed E-state index contributed by atoms with van der Waals surface area (Å²) in [5.74, 6) is -0.212. The Kier molecular flexibility index (Phi) is 2.73. The zero-order valence-electron chi connectivity index (χ0n) is 8.98. The Morgan fingerprint density at radius 2 is 1.88 bits per heavy atom. The second-order valence-electron chi connectivity index (χ2n) is 4.68. The van der Waals surface area contributed by atoms with Crippen LogP contribution in [0.5, 0.6) is 0 Å². The van der Waals surface area contributed by atoms with Crippen molar-refractivity contribution in [3.8, 4) is 6.07 Å². The fourth-order valence-electron chi connectivity index (χ4n) is 2.60. The number of sulfone groups is 1. The molecule has 0 bridgehead atoms. The highest BCUT2D eigenvalue weighted by molar-refractivity contribution is 7.91. The minimum atomic E-state index is -3.18. The number of nitrogens with zero attached hydrogens (tertiary/aromatic N) is 1. The SMILES string of the molecule is N#CC1(C2(O)CCOCC2)CCS(=O)(=O)C1. The largest absolute Gasteiger partial charge is 0.388 e. The van der Waals surface area contributed by atoms with Gasteiger partial charge in [0.1, 0.15) is 5.41 Å². The molecule has 2 rings (SSSR count). The molecule has 16 heavy (non-hydrogen) atoms. The first-order chi connectivity index (χ1) is 7.43. The van der Waals surface area contributed by atoms with Gasteiger partial charge in [-0.1, -0.05) is 0 Å². The smallest absolute Gasteiger partial charge is 0.152 e. The first-order valence-corrected chi connectivity index (χ1v) is 7.17. The van der Waals surface area contributed by atoms with Crippen LogP contribution in [0.4, 0.5) is 0 Å². The average molecular weight is 245 g/mol. The van der Waals surface area contributed by atoms with Gasteiger partial charge in [0.05, 0.1) is 23.2 Å². The van der Waals surface area contributed by atoms with Crippen LogP contribution < -0.4 is 0 Å². The van der Waals surface area contributed by atoms with E-state index in [2.05, 4.69) is 6.07 Å². The highest BCUT2D eigenvalue weighted by Crippen LogP contribution is 2.46. The minimum absolute atomic E-state index is 0.00370. The van der Waals surface area contributed by atoms with Crippen molar-refractivity contribution in [2.75, 3.05) is 24.7 Å². The number of ether oxygens (including phenoxy) is 1. The molecule has 0 aromatic rings. The van der Waals surface area contributed by atoms with Crippen molar-refractivity contribution in [3.05, 3.63) is 0 Å². The summed E-state index contributed by atoms with van der Waals surface area (Å²) in [6.07, 6.45) is 0.925. The lowest BCUT2D eigenvalue weighted by atomic mass is 9.68. The normalized spacial score (nSPS) is 36.8. The second kappa shape index (κ2) is 3.69. The molecule has 90 valence electrons. The van der Waals surface area contributed by atoms with Crippen LogP contribution in [0, 0.1) is 16.7 Å². The van der Waals surface area contributed by atoms with Gasteiger partial charge in [-0.25, -0.2) is 8.42 Å². The van der Waals surface area contributed by atoms with Gasteiger partial charge in [-0.2, -0.15) is 5.26 Å². The van der Waals surface area contributed by atoms with Crippen LogP contribution in [0.3, 0.4) is 0 Å². The van der Waals surface area contributed by atoms with E-state index in [4.69, 9.17) is 4.74 Å². The zero-order chi connectivity index (χ0) is 11.9. The van der Waals surface area contributed by atoms with Crippen LogP contribution in [0.25, 0.3) is 0 Å². The second-order valence-corrected chi connectivity index (χ2v) is 6.86. The summed E-state index contributed by atoms with van der Waals surface area (Å²) in [6, 6.07) is 2.06.